The highest BCUT2D eigenvalue weighted by atomic mass is 14.7. The van der Waals surface area contributed by atoms with Crippen LogP contribution in [0.15, 0.2) is 24.3 Å². The molecule has 18 heavy (non-hydrogen) atoms. The summed E-state index contributed by atoms with van der Waals surface area (Å²) in [6.45, 7) is 6.37. The first-order valence-electron chi connectivity index (χ1n) is 6.59. The molecular weight excluding hydrogens is 218 g/mol. The van der Waals surface area contributed by atoms with E-state index in [0.29, 0.717) is 0 Å². The number of fused-ring (bicyclic) bond motifs is 1. The van der Waals surface area contributed by atoms with Crippen LogP contribution in [0.3, 0.4) is 0 Å². The number of hydrogen-bond donors (Lipinski definition) is 0. The van der Waals surface area contributed by atoms with E-state index in [9.17, 15) is 0 Å². The Morgan fingerprint density at radius 3 is 2.72 bits per heavy atom. The lowest BCUT2D eigenvalue weighted by Crippen LogP contribution is -1.94. The Morgan fingerprint density at radius 1 is 1.17 bits per heavy atom. The highest BCUT2D eigenvalue weighted by Gasteiger charge is 2.06. The van der Waals surface area contributed by atoms with Crippen molar-refractivity contribution < 1.29 is 0 Å². The van der Waals surface area contributed by atoms with Crippen LogP contribution >= 0.6 is 0 Å². The monoisotopic (exact) mass is 237 g/mol. The number of para-hydroxylation sites is 1. The maximum atomic E-state index is 4.63. The fraction of sp³-hybridized carbons (Fsp3) is 0.353. The van der Waals surface area contributed by atoms with Gasteiger partial charge in [-0.1, -0.05) is 43.4 Å². The van der Waals surface area contributed by atoms with Gasteiger partial charge >= 0.3 is 0 Å². The van der Waals surface area contributed by atoms with E-state index in [2.05, 4.69) is 48.9 Å². The highest BCUT2D eigenvalue weighted by Crippen LogP contribution is 2.21. The molecule has 1 aromatic carbocycles. The number of aryl methyl sites for hydroxylation is 2. The smallest absolute Gasteiger partial charge is 0.0708 e. The zero-order chi connectivity index (χ0) is 13.0. The molecule has 2 aromatic rings. The molecule has 0 aliphatic rings. The minimum Gasteiger partial charge on any atom is -0.252 e. The van der Waals surface area contributed by atoms with Crippen LogP contribution in [-0.2, 0) is 0 Å². The van der Waals surface area contributed by atoms with E-state index in [4.69, 9.17) is 0 Å². The third-order valence-electron chi connectivity index (χ3n) is 3.20. The molecule has 0 unspecified atom stereocenters. The summed E-state index contributed by atoms with van der Waals surface area (Å²) >= 11 is 0. The SMILES string of the molecule is CCCCC#Cc1c(C)nc2ccccc2c1C. The molecule has 0 radical (unpaired) electrons. The van der Waals surface area contributed by atoms with Crippen LogP contribution in [0, 0.1) is 25.7 Å². The van der Waals surface area contributed by atoms with Gasteiger partial charge in [-0.15, -0.1) is 0 Å². The number of nitrogens with zero attached hydrogens (tertiary/aromatic N) is 1. The number of unbranched alkanes of at least 4 members (excludes halogenated alkanes) is 2. The first kappa shape index (κ1) is 12.6. The normalized spacial score (nSPS) is 10.2. The minimum absolute atomic E-state index is 0.974. The molecule has 0 spiro atoms. The Hall–Kier alpha value is -1.81. The van der Waals surface area contributed by atoms with E-state index >= 15 is 0 Å². The third-order valence-corrected chi connectivity index (χ3v) is 3.20. The number of aromatic nitrogens is 1. The summed E-state index contributed by atoms with van der Waals surface area (Å²) in [5.41, 5.74) is 4.45. The van der Waals surface area contributed by atoms with Crippen molar-refractivity contribution >= 4 is 10.9 Å². The zero-order valence-electron chi connectivity index (χ0n) is 11.4. The largest absolute Gasteiger partial charge is 0.252 e. The Balaban J connectivity index is 2.46. The quantitative estimate of drug-likeness (QED) is 0.557. The first-order chi connectivity index (χ1) is 8.74. The molecule has 92 valence electrons. The predicted octanol–water partition coefficient (Wildman–Crippen LogP) is 4.39. The van der Waals surface area contributed by atoms with Crippen LogP contribution in [0.25, 0.3) is 10.9 Å². The minimum atomic E-state index is 0.974. The van der Waals surface area contributed by atoms with Gasteiger partial charge in [0.2, 0.25) is 0 Å². The molecule has 0 aliphatic heterocycles. The Kier molecular flexibility index (Phi) is 3.99. The van der Waals surface area contributed by atoms with Gasteiger partial charge < -0.3 is 0 Å². The topological polar surface area (TPSA) is 12.9 Å². The number of benzene rings is 1. The molecule has 0 saturated heterocycles. The average Bonchev–Trinajstić information content (AvgIpc) is 2.38. The molecule has 0 aliphatic carbocycles. The van der Waals surface area contributed by atoms with Crippen molar-refractivity contribution in [2.24, 2.45) is 0 Å². The van der Waals surface area contributed by atoms with Gasteiger partial charge in [0.15, 0.2) is 0 Å². The van der Waals surface area contributed by atoms with Crippen LogP contribution in [0.1, 0.15) is 43.0 Å². The number of hydrogen-bond acceptors (Lipinski definition) is 1. The fourth-order valence-corrected chi connectivity index (χ4v) is 2.13. The maximum absolute atomic E-state index is 4.63. The highest BCUT2D eigenvalue weighted by molar-refractivity contribution is 5.84. The van der Waals surface area contributed by atoms with Crippen molar-refractivity contribution in [2.75, 3.05) is 0 Å². The predicted molar refractivity (Wildman–Crippen MR) is 77.6 cm³/mol. The molecule has 0 N–H and O–H groups in total. The van der Waals surface area contributed by atoms with Gasteiger partial charge in [-0.2, -0.15) is 0 Å². The van der Waals surface area contributed by atoms with Gasteiger partial charge in [0.25, 0.3) is 0 Å². The average molecular weight is 237 g/mol. The lowest BCUT2D eigenvalue weighted by Gasteiger charge is -2.07. The molecule has 1 aromatic heterocycles. The summed E-state index contributed by atoms with van der Waals surface area (Å²) in [5.74, 6) is 6.55. The summed E-state index contributed by atoms with van der Waals surface area (Å²) in [5, 5.41) is 1.21. The van der Waals surface area contributed by atoms with Gasteiger partial charge in [0.1, 0.15) is 0 Å². The van der Waals surface area contributed by atoms with Gasteiger partial charge in [-0.25, -0.2) is 0 Å². The van der Waals surface area contributed by atoms with Crippen molar-refractivity contribution in [3.05, 3.63) is 41.1 Å². The van der Waals surface area contributed by atoms with Crippen LogP contribution < -0.4 is 0 Å². The maximum Gasteiger partial charge on any atom is 0.0708 e. The molecule has 2 rings (SSSR count). The standard InChI is InChI=1S/C17H19N/c1-4-5-6-7-10-15-13(2)16-11-8-9-12-17(16)18-14(15)3/h8-9,11-12H,4-6H2,1-3H3. The van der Waals surface area contributed by atoms with Crippen molar-refractivity contribution in [3.63, 3.8) is 0 Å². The van der Waals surface area contributed by atoms with E-state index in [1.165, 1.54) is 23.8 Å². The van der Waals surface area contributed by atoms with E-state index in [0.717, 1.165) is 23.2 Å². The van der Waals surface area contributed by atoms with Crippen molar-refractivity contribution in [3.8, 4) is 11.8 Å². The van der Waals surface area contributed by atoms with E-state index in [1.54, 1.807) is 0 Å². The molecular formula is C17H19N. The summed E-state index contributed by atoms with van der Waals surface area (Å²) in [6.07, 6.45) is 3.34. The summed E-state index contributed by atoms with van der Waals surface area (Å²) in [7, 11) is 0. The van der Waals surface area contributed by atoms with Gasteiger partial charge in [0.05, 0.1) is 11.2 Å². The summed E-state index contributed by atoms with van der Waals surface area (Å²) < 4.78 is 0. The number of rotatable bonds is 2. The molecule has 0 saturated carbocycles. The molecule has 0 bridgehead atoms. The van der Waals surface area contributed by atoms with Crippen molar-refractivity contribution in [1.82, 2.24) is 4.98 Å². The van der Waals surface area contributed by atoms with E-state index in [-0.39, 0.29) is 0 Å². The Bertz CT molecular complexity index is 615. The first-order valence-corrected chi connectivity index (χ1v) is 6.59. The summed E-state index contributed by atoms with van der Waals surface area (Å²) in [4.78, 5) is 4.63. The molecule has 0 fully saturated rings. The zero-order valence-corrected chi connectivity index (χ0v) is 11.4. The molecule has 1 heteroatoms. The van der Waals surface area contributed by atoms with Crippen LogP contribution in [0.4, 0.5) is 0 Å². The van der Waals surface area contributed by atoms with Crippen molar-refractivity contribution in [2.45, 2.75) is 40.0 Å². The molecule has 0 atom stereocenters. The number of pyridine rings is 1. The van der Waals surface area contributed by atoms with Crippen LogP contribution in [0.5, 0.6) is 0 Å². The second-order valence-corrected chi connectivity index (χ2v) is 4.62. The summed E-state index contributed by atoms with van der Waals surface area (Å²) in [6, 6.07) is 8.26. The molecule has 1 nitrogen and oxygen atoms in total. The third kappa shape index (κ3) is 2.54. The lowest BCUT2D eigenvalue weighted by atomic mass is 10.0. The fourth-order valence-electron chi connectivity index (χ4n) is 2.13. The van der Waals surface area contributed by atoms with E-state index in [1.807, 2.05) is 13.0 Å². The second kappa shape index (κ2) is 5.69. The molecule has 1 heterocycles. The van der Waals surface area contributed by atoms with Crippen LogP contribution in [-0.4, -0.2) is 4.98 Å². The lowest BCUT2D eigenvalue weighted by molar-refractivity contribution is 0.828. The second-order valence-electron chi connectivity index (χ2n) is 4.62. The van der Waals surface area contributed by atoms with Gasteiger partial charge in [-0.05, 0) is 31.9 Å². The molecule has 0 amide bonds. The van der Waals surface area contributed by atoms with Gasteiger partial charge in [-0.3, -0.25) is 4.98 Å². The van der Waals surface area contributed by atoms with Crippen molar-refractivity contribution in [1.29, 1.82) is 0 Å². The Morgan fingerprint density at radius 2 is 1.94 bits per heavy atom. The van der Waals surface area contributed by atoms with Gasteiger partial charge in [0, 0.05) is 17.4 Å². The Labute approximate surface area is 109 Å². The van der Waals surface area contributed by atoms with Crippen LogP contribution in [0.2, 0.25) is 0 Å². The van der Waals surface area contributed by atoms with E-state index < -0.39 is 0 Å².